The summed E-state index contributed by atoms with van der Waals surface area (Å²) >= 11 is 0. The first-order valence-corrected chi connectivity index (χ1v) is 7.78. The number of amides is 1. The first-order chi connectivity index (χ1) is 10.5. The Bertz CT molecular complexity index is 578. The molecule has 6 heteroatoms. The van der Waals surface area contributed by atoms with Gasteiger partial charge in [0.1, 0.15) is 0 Å². The van der Waals surface area contributed by atoms with Gasteiger partial charge in [-0.1, -0.05) is 12.1 Å². The summed E-state index contributed by atoms with van der Waals surface area (Å²) in [5, 5.41) is 14.4. The molecule has 2 heterocycles. The van der Waals surface area contributed by atoms with E-state index >= 15 is 0 Å². The van der Waals surface area contributed by atoms with Crippen LogP contribution in [0.15, 0.2) is 24.3 Å². The topological polar surface area (TPSA) is 75.5 Å². The van der Waals surface area contributed by atoms with Crippen LogP contribution in [-0.2, 0) is 11.2 Å². The molecule has 1 aromatic carbocycles. The van der Waals surface area contributed by atoms with Crippen molar-refractivity contribution in [3.05, 3.63) is 39.9 Å². The number of likely N-dealkylation sites (N-methyl/N-ethyl adjacent to an activating group) is 1. The molecule has 2 saturated heterocycles. The zero-order chi connectivity index (χ0) is 15.7. The predicted octanol–water partition coefficient (Wildman–Crippen LogP) is 1.88. The lowest BCUT2D eigenvalue weighted by molar-refractivity contribution is -0.384. The summed E-state index contributed by atoms with van der Waals surface area (Å²) in [5.41, 5.74) is 0.732. The molecule has 6 nitrogen and oxygen atoms in total. The second kappa shape index (κ2) is 6.04. The number of fused-ring (bicyclic) bond motifs is 2. The number of carbonyl (C=O) groups is 1. The largest absolute Gasteiger partial charge is 0.342 e. The van der Waals surface area contributed by atoms with E-state index in [1.165, 1.54) is 25.0 Å². The molecule has 0 radical (unpaired) electrons. The molecule has 0 saturated carbocycles. The molecule has 2 bridgehead atoms. The molecule has 1 amide bonds. The Morgan fingerprint density at radius 3 is 2.68 bits per heavy atom. The minimum Gasteiger partial charge on any atom is -0.342 e. The van der Waals surface area contributed by atoms with Crippen LogP contribution in [0.4, 0.5) is 5.69 Å². The van der Waals surface area contributed by atoms with Crippen LogP contribution >= 0.6 is 0 Å². The smallest absolute Gasteiger partial charge is 0.269 e. The van der Waals surface area contributed by atoms with E-state index in [-0.39, 0.29) is 24.1 Å². The van der Waals surface area contributed by atoms with Crippen molar-refractivity contribution in [3.8, 4) is 0 Å². The van der Waals surface area contributed by atoms with Crippen molar-refractivity contribution in [3.63, 3.8) is 0 Å². The number of hydrogen-bond donors (Lipinski definition) is 1. The third kappa shape index (κ3) is 3.11. The lowest BCUT2D eigenvalue weighted by Crippen LogP contribution is -2.49. The quantitative estimate of drug-likeness (QED) is 0.680. The van der Waals surface area contributed by atoms with E-state index in [0.29, 0.717) is 17.6 Å². The fourth-order valence-corrected chi connectivity index (χ4v) is 3.63. The fourth-order valence-electron chi connectivity index (χ4n) is 3.63. The number of hydrogen-bond acceptors (Lipinski definition) is 4. The van der Waals surface area contributed by atoms with Crippen LogP contribution in [-0.4, -0.2) is 40.9 Å². The number of non-ortho nitro benzene ring substituents is 1. The monoisotopic (exact) mass is 303 g/mol. The van der Waals surface area contributed by atoms with Crippen LogP contribution in [0.5, 0.6) is 0 Å². The Morgan fingerprint density at radius 1 is 1.36 bits per heavy atom. The van der Waals surface area contributed by atoms with Crippen LogP contribution in [0.1, 0.15) is 31.2 Å². The molecular weight excluding hydrogens is 282 g/mol. The maximum atomic E-state index is 12.5. The van der Waals surface area contributed by atoms with Gasteiger partial charge in [-0.3, -0.25) is 14.9 Å². The lowest BCUT2D eigenvalue weighted by Gasteiger charge is -2.35. The average molecular weight is 303 g/mol. The molecule has 2 aliphatic heterocycles. The van der Waals surface area contributed by atoms with E-state index in [4.69, 9.17) is 0 Å². The van der Waals surface area contributed by atoms with E-state index < -0.39 is 4.92 Å². The molecular formula is C16H21N3O3. The summed E-state index contributed by atoms with van der Waals surface area (Å²) in [5.74, 6) is 0.0341. The highest BCUT2D eigenvalue weighted by Gasteiger charge is 2.36. The van der Waals surface area contributed by atoms with Crippen LogP contribution in [0.2, 0.25) is 0 Å². The summed E-state index contributed by atoms with van der Waals surface area (Å²) in [6, 6.07) is 7.69. The fraction of sp³-hybridized carbons (Fsp3) is 0.562. The van der Waals surface area contributed by atoms with Crippen molar-refractivity contribution in [1.82, 2.24) is 10.2 Å². The third-order valence-corrected chi connectivity index (χ3v) is 4.87. The molecule has 22 heavy (non-hydrogen) atoms. The van der Waals surface area contributed by atoms with Gasteiger partial charge in [0, 0.05) is 37.3 Å². The van der Waals surface area contributed by atoms with E-state index in [2.05, 4.69) is 5.32 Å². The number of nitrogens with zero attached hydrogens (tertiary/aromatic N) is 2. The highest BCUT2D eigenvalue weighted by Crippen LogP contribution is 2.29. The van der Waals surface area contributed by atoms with Crippen molar-refractivity contribution in [1.29, 1.82) is 0 Å². The summed E-state index contributed by atoms with van der Waals surface area (Å²) < 4.78 is 0. The summed E-state index contributed by atoms with van der Waals surface area (Å²) in [7, 11) is 1.86. The zero-order valence-electron chi connectivity index (χ0n) is 12.7. The molecule has 0 aromatic heterocycles. The number of carbonyl (C=O) groups excluding carboxylic acids is 1. The Balaban J connectivity index is 1.64. The number of benzene rings is 1. The average Bonchev–Trinajstić information content (AvgIpc) is 2.85. The number of rotatable bonds is 4. The van der Waals surface area contributed by atoms with Gasteiger partial charge in [0.05, 0.1) is 11.3 Å². The molecule has 1 N–H and O–H groups in total. The van der Waals surface area contributed by atoms with Crippen molar-refractivity contribution in [2.24, 2.45) is 0 Å². The molecule has 0 aliphatic carbocycles. The number of nitro groups is 1. The Labute approximate surface area is 129 Å². The third-order valence-electron chi connectivity index (χ3n) is 4.87. The lowest BCUT2D eigenvalue weighted by atomic mass is 9.98. The normalized spacial score (nSPS) is 26.7. The van der Waals surface area contributed by atoms with Gasteiger partial charge in [0.2, 0.25) is 5.91 Å². The van der Waals surface area contributed by atoms with Gasteiger partial charge in [0.25, 0.3) is 5.69 Å². The first kappa shape index (κ1) is 15.0. The number of piperidine rings is 1. The van der Waals surface area contributed by atoms with Gasteiger partial charge >= 0.3 is 0 Å². The molecule has 2 fully saturated rings. The minimum atomic E-state index is -0.428. The molecule has 3 rings (SSSR count). The summed E-state index contributed by atoms with van der Waals surface area (Å²) in [6.07, 6.45) is 4.64. The Morgan fingerprint density at radius 2 is 2.05 bits per heavy atom. The second-order valence-electron chi connectivity index (χ2n) is 6.37. The van der Waals surface area contributed by atoms with Gasteiger partial charge in [-0.15, -0.1) is 0 Å². The maximum Gasteiger partial charge on any atom is 0.269 e. The van der Waals surface area contributed by atoms with Crippen LogP contribution in [0.25, 0.3) is 0 Å². The SMILES string of the molecule is CN(C(=O)Cc1cccc([N+](=O)[O-])c1)C1CC2CCC(C1)N2. The highest BCUT2D eigenvalue weighted by molar-refractivity contribution is 5.79. The van der Waals surface area contributed by atoms with E-state index in [9.17, 15) is 14.9 Å². The van der Waals surface area contributed by atoms with Gasteiger partial charge in [-0.05, 0) is 31.2 Å². The number of nitro benzene ring substituents is 1. The first-order valence-electron chi connectivity index (χ1n) is 7.78. The molecule has 0 spiro atoms. The Kier molecular flexibility index (Phi) is 4.11. The summed E-state index contributed by atoms with van der Waals surface area (Å²) in [4.78, 5) is 24.7. The predicted molar refractivity (Wildman–Crippen MR) is 82.5 cm³/mol. The van der Waals surface area contributed by atoms with Gasteiger partial charge in [-0.25, -0.2) is 0 Å². The molecule has 1 aromatic rings. The minimum absolute atomic E-state index is 0.0341. The van der Waals surface area contributed by atoms with E-state index in [0.717, 1.165) is 12.8 Å². The van der Waals surface area contributed by atoms with Crippen LogP contribution in [0, 0.1) is 10.1 Å². The summed E-state index contributed by atoms with van der Waals surface area (Å²) in [6.45, 7) is 0. The molecule has 2 atom stereocenters. The van der Waals surface area contributed by atoms with E-state index in [1.807, 2.05) is 11.9 Å². The van der Waals surface area contributed by atoms with Gasteiger partial charge in [0.15, 0.2) is 0 Å². The standard InChI is InChI=1S/C16H21N3O3/c1-18(15-9-12-5-6-13(10-15)17-12)16(20)8-11-3-2-4-14(7-11)19(21)22/h2-4,7,12-13,15,17H,5-6,8-10H2,1H3. The molecule has 2 unspecified atom stereocenters. The van der Waals surface area contributed by atoms with Crippen molar-refractivity contribution >= 4 is 11.6 Å². The van der Waals surface area contributed by atoms with Crippen molar-refractivity contribution in [2.75, 3.05) is 7.05 Å². The van der Waals surface area contributed by atoms with E-state index in [1.54, 1.807) is 12.1 Å². The molecule has 2 aliphatic rings. The maximum absolute atomic E-state index is 12.5. The second-order valence-corrected chi connectivity index (χ2v) is 6.37. The number of nitrogens with one attached hydrogen (secondary N) is 1. The van der Waals surface area contributed by atoms with Crippen LogP contribution < -0.4 is 5.32 Å². The Hall–Kier alpha value is -1.95. The zero-order valence-corrected chi connectivity index (χ0v) is 12.7. The molecule has 118 valence electrons. The van der Waals surface area contributed by atoms with Crippen LogP contribution in [0.3, 0.4) is 0 Å². The van der Waals surface area contributed by atoms with Gasteiger partial charge < -0.3 is 10.2 Å². The highest BCUT2D eigenvalue weighted by atomic mass is 16.6. The van der Waals surface area contributed by atoms with Crippen molar-refractivity contribution < 1.29 is 9.72 Å². The van der Waals surface area contributed by atoms with Gasteiger partial charge in [-0.2, -0.15) is 0 Å². The van der Waals surface area contributed by atoms with Crippen molar-refractivity contribution in [2.45, 2.75) is 50.2 Å².